The molecule has 0 aromatic heterocycles. The van der Waals surface area contributed by atoms with E-state index in [1.165, 1.54) is 77.5 Å². The van der Waals surface area contributed by atoms with E-state index in [2.05, 4.69) is 278 Å². The molecule has 0 heterocycles. The van der Waals surface area contributed by atoms with Gasteiger partial charge in [-0.2, -0.15) is 0 Å². The second-order valence-electron chi connectivity index (χ2n) is 17.2. The Morgan fingerprint density at radius 1 is 0.258 bits per heavy atom. The van der Waals surface area contributed by atoms with Crippen molar-refractivity contribution in [1.82, 2.24) is 0 Å². The molecule has 1 aliphatic rings. The fourth-order valence-corrected chi connectivity index (χ4v) is 10.4. The minimum Gasteiger partial charge on any atom is -0.310 e. The maximum Gasteiger partial charge on any atom is 0.0714 e. The zero-order valence-corrected chi connectivity index (χ0v) is 36.4. The van der Waals surface area contributed by atoms with Crippen molar-refractivity contribution in [2.45, 2.75) is 5.41 Å². The third-order valence-corrected chi connectivity index (χ3v) is 13.5. The number of hydrogen-bond donors (Lipinski definition) is 0. The zero-order valence-electron chi connectivity index (χ0n) is 36.4. The SMILES string of the molecule is c1ccc(-c2ccc(-c3cccc(N(c4cccc(-c5ccc(-c6ccc7ccccc7c6)cc5)c4)c4cccc5c4-c4ccccc4C5(c4ccccc4)c4ccccc4)c3)cc2)cc1. The fraction of sp³-hybridized carbons (Fsp3) is 0.0154. The molecule has 1 aliphatic carbocycles. The van der Waals surface area contributed by atoms with Crippen molar-refractivity contribution in [1.29, 1.82) is 0 Å². The van der Waals surface area contributed by atoms with Crippen LogP contribution in [0.15, 0.2) is 273 Å². The Bertz CT molecular complexity index is 3460. The van der Waals surface area contributed by atoms with Gasteiger partial charge in [0.05, 0.1) is 11.1 Å². The highest BCUT2D eigenvalue weighted by Gasteiger charge is 2.47. The molecule has 11 aromatic carbocycles. The van der Waals surface area contributed by atoms with Crippen LogP contribution in [-0.4, -0.2) is 0 Å². The molecule has 66 heavy (non-hydrogen) atoms. The lowest BCUT2D eigenvalue weighted by atomic mass is 9.68. The van der Waals surface area contributed by atoms with Gasteiger partial charge >= 0.3 is 0 Å². The van der Waals surface area contributed by atoms with E-state index < -0.39 is 5.41 Å². The molecule has 1 heteroatoms. The van der Waals surface area contributed by atoms with E-state index in [0.29, 0.717) is 0 Å². The van der Waals surface area contributed by atoms with E-state index in [0.717, 1.165) is 28.2 Å². The Morgan fingerprint density at radius 3 is 1.26 bits per heavy atom. The number of nitrogens with zero attached hydrogens (tertiary/aromatic N) is 1. The van der Waals surface area contributed by atoms with Gasteiger partial charge in [-0.15, -0.1) is 0 Å². The third-order valence-electron chi connectivity index (χ3n) is 13.5. The van der Waals surface area contributed by atoms with Crippen LogP contribution >= 0.6 is 0 Å². The standard InChI is InChI=1S/C65H45N/c1-4-17-46(18-5-1)48-33-35-49(36-34-48)53-21-14-27-58(44-53)66(59-28-15-22-54(45-59)50-37-39-51(40-38-50)55-42-41-47-19-10-11-20-52(47)43-55)63-32-16-31-62-64(63)60-29-12-13-30-61(60)65(62,56-23-6-2-7-24-56)57-25-8-3-9-26-57/h1-45H. The number of rotatable bonds is 9. The van der Waals surface area contributed by atoms with Crippen LogP contribution in [0.4, 0.5) is 17.1 Å². The quantitative estimate of drug-likeness (QED) is 0.140. The molecule has 0 unspecified atom stereocenters. The van der Waals surface area contributed by atoms with E-state index in [1.54, 1.807) is 0 Å². The molecule has 11 aromatic rings. The molecule has 0 aliphatic heterocycles. The molecule has 1 nitrogen and oxygen atoms in total. The van der Waals surface area contributed by atoms with Gasteiger partial charge in [-0.05, 0) is 119 Å². The van der Waals surface area contributed by atoms with Gasteiger partial charge in [0.2, 0.25) is 0 Å². The summed E-state index contributed by atoms with van der Waals surface area (Å²) < 4.78 is 0. The number of fused-ring (bicyclic) bond motifs is 4. The Balaban J connectivity index is 1.03. The van der Waals surface area contributed by atoms with Gasteiger partial charge in [-0.3, -0.25) is 0 Å². The molecule has 0 N–H and O–H groups in total. The molecule has 0 spiro atoms. The van der Waals surface area contributed by atoms with Crippen LogP contribution in [0.3, 0.4) is 0 Å². The second-order valence-corrected chi connectivity index (χ2v) is 17.2. The van der Waals surface area contributed by atoms with E-state index >= 15 is 0 Å². The molecule has 0 amide bonds. The largest absolute Gasteiger partial charge is 0.310 e. The van der Waals surface area contributed by atoms with Crippen molar-refractivity contribution in [2.75, 3.05) is 4.90 Å². The first kappa shape index (κ1) is 39.1. The van der Waals surface area contributed by atoms with Gasteiger partial charge in [-0.1, -0.05) is 237 Å². The van der Waals surface area contributed by atoms with E-state index in [1.807, 2.05) is 0 Å². The summed E-state index contributed by atoms with van der Waals surface area (Å²) in [4.78, 5) is 2.48. The van der Waals surface area contributed by atoms with Gasteiger partial charge in [0.15, 0.2) is 0 Å². The van der Waals surface area contributed by atoms with Crippen molar-refractivity contribution in [3.63, 3.8) is 0 Å². The molecule has 0 saturated heterocycles. The Labute approximate surface area is 387 Å². The summed E-state index contributed by atoms with van der Waals surface area (Å²) in [7, 11) is 0. The van der Waals surface area contributed by atoms with Crippen LogP contribution in [0.2, 0.25) is 0 Å². The average Bonchev–Trinajstić information content (AvgIpc) is 3.71. The first-order valence-corrected chi connectivity index (χ1v) is 22.8. The summed E-state index contributed by atoms with van der Waals surface area (Å²) in [5.74, 6) is 0. The van der Waals surface area contributed by atoms with Crippen molar-refractivity contribution in [3.05, 3.63) is 295 Å². The lowest BCUT2D eigenvalue weighted by Crippen LogP contribution is -2.28. The van der Waals surface area contributed by atoms with Crippen LogP contribution in [0.5, 0.6) is 0 Å². The van der Waals surface area contributed by atoms with Gasteiger partial charge in [-0.25, -0.2) is 0 Å². The van der Waals surface area contributed by atoms with Crippen molar-refractivity contribution >= 4 is 27.8 Å². The molecular formula is C65H45N. The van der Waals surface area contributed by atoms with Crippen LogP contribution in [0.1, 0.15) is 22.3 Å². The highest BCUT2D eigenvalue weighted by atomic mass is 15.1. The Hall–Kier alpha value is -8.52. The highest BCUT2D eigenvalue weighted by Crippen LogP contribution is 2.59. The third kappa shape index (κ3) is 6.73. The van der Waals surface area contributed by atoms with Gasteiger partial charge in [0.25, 0.3) is 0 Å². The maximum atomic E-state index is 2.48. The van der Waals surface area contributed by atoms with Gasteiger partial charge < -0.3 is 4.90 Å². The lowest BCUT2D eigenvalue weighted by molar-refractivity contribution is 0.768. The van der Waals surface area contributed by atoms with Crippen molar-refractivity contribution in [2.24, 2.45) is 0 Å². The molecular weight excluding hydrogens is 795 g/mol. The minimum atomic E-state index is -0.521. The highest BCUT2D eigenvalue weighted by molar-refractivity contribution is 5.98. The van der Waals surface area contributed by atoms with E-state index in [9.17, 15) is 0 Å². The lowest BCUT2D eigenvalue weighted by Gasteiger charge is -2.34. The minimum absolute atomic E-state index is 0.521. The smallest absolute Gasteiger partial charge is 0.0714 e. The molecule has 0 saturated carbocycles. The van der Waals surface area contributed by atoms with E-state index in [4.69, 9.17) is 0 Å². The summed E-state index contributed by atoms with van der Waals surface area (Å²) >= 11 is 0. The molecule has 0 radical (unpaired) electrons. The van der Waals surface area contributed by atoms with E-state index in [-0.39, 0.29) is 0 Å². The maximum absolute atomic E-state index is 2.48. The molecule has 310 valence electrons. The Kier molecular flexibility index (Phi) is 9.81. The first-order chi connectivity index (χ1) is 32.7. The summed E-state index contributed by atoms with van der Waals surface area (Å²) in [6, 6.07) is 100. The van der Waals surface area contributed by atoms with Crippen molar-refractivity contribution in [3.8, 4) is 55.6 Å². The predicted molar refractivity (Wildman–Crippen MR) is 278 cm³/mol. The molecule has 0 bridgehead atoms. The van der Waals surface area contributed by atoms with Crippen molar-refractivity contribution < 1.29 is 0 Å². The second kappa shape index (κ2) is 16.6. The predicted octanol–water partition coefficient (Wildman–Crippen LogP) is 17.3. The Morgan fingerprint density at radius 2 is 0.667 bits per heavy atom. The summed E-state index contributed by atoms with van der Waals surface area (Å²) in [5.41, 5.74) is 19.8. The first-order valence-electron chi connectivity index (χ1n) is 22.8. The number of hydrogen-bond acceptors (Lipinski definition) is 1. The van der Waals surface area contributed by atoms with Crippen LogP contribution in [-0.2, 0) is 5.41 Å². The van der Waals surface area contributed by atoms with Crippen LogP contribution in [0.25, 0.3) is 66.4 Å². The zero-order chi connectivity index (χ0) is 43.9. The topological polar surface area (TPSA) is 3.24 Å². The summed E-state index contributed by atoms with van der Waals surface area (Å²) in [6.07, 6.45) is 0. The summed E-state index contributed by atoms with van der Waals surface area (Å²) in [5, 5.41) is 2.50. The molecule has 12 rings (SSSR count). The van der Waals surface area contributed by atoms with Gasteiger partial charge in [0, 0.05) is 16.9 Å². The average molecular weight is 840 g/mol. The monoisotopic (exact) mass is 839 g/mol. The fourth-order valence-electron chi connectivity index (χ4n) is 10.4. The number of anilines is 3. The molecule has 0 fully saturated rings. The normalized spacial score (nSPS) is 12.4. The van der Waals surface area contributed by atoms with Crippen LogP contribution < -0.4 is 4.90 Å². The number of benzene rings is 11. The summed E-state index contributed by atoms with van der Waals surface area (Å²) in [6.45, 7) is 0. The molecule has 0 atom stereocenters. The van der Waals surface area contributed by atoms with Gasteiger partial charge in [0.1, 0.15) is 0 Å². The van der Waals surface area contributed by atoms with Crippen LogP contribution in [0, 0.1) is 0 Å².